The van der Waals surface area contributed by atoms with Crippen LogP contribution in [0.5, 0.6) is 0 Å². The van der Waals surface area contributed by atoms with Crippen LogP contribution in [0, 0.1) is 0 Å². The molecule has 1 aromatic carbocycles. The summed E-state index contributed by atoms with van der Waals surface area (Å²) in [4.78, 5) is 27.3. The summed E-state index contributed by atoms with van der Waals surface area (Å²) in [5, 5.41) is 9.00. The van der Waals surface area contributed by atoms with Crippen LogP contribution in [0.25, 0.3) is 0 Å². The van der Waals surface area contributed by atoms with E-state index in [2.05, 4.69) is 16.0 Å². The normalized spacial score (nSPS) is 23.5. The highest BCUT2D eigenvalue weighted by Crippen LogP contribution is 2.30. The summed E-state index contributed by atoms with van der Waals surface area (Å²) in [6, 6.07) is 9.39. The van der Waals surface area contributed by atoms with Crippen LogP contribution in [0.2, 0.25) is 0 Å². The Kier molecular flexibility index (Phi) is 4.76. The molecule has 2 bridgehead atoms. The van der Waals surface area contributed by atoms with Crippen LogP contribution < -0.4 is 16.0 Å². The molecule has 3 amide bonds. The van der Waals surface area contributed by atoms with Gasteiger partial charge in [-0.05, 0) is 51.8 Å². The lowest BCUT2D eigenvalue weighted by atomic mass is 10.0. The van der Waals surface area contributed by atoms with Crippen molar-refractivity contribution in [2.24, 2.45) is 0 Å². The van der Waals surface area contributed by atoms with Crippen molar-refractivity contribution in [3.8, 4) is 0 Å². The molecule has 2 fully saturated rings. The lowest BCUT2D eigenvalue weighted by Crippen LogP contribution is -2.59. The molecule has 0 radical (unpaired) electrons. The van der Waals surface area contributed by atoms with E-state index in [0.717, 1.165) is 32.4 Å². The van der Waals surface area contributed by atoms with E-state index in [-0.39, 0.29) is 24.0 Å². The van der Waals surface area contributed by atoms with Crippen molar-refractivity contribution < 1.29 is 9.59 Å². The molecule has 6 nitrogen and oxygen atoms in total. The first kappa shape index (κ1) is 16.8. The molecule has 1 aromatic rings. The number of nitrogens with one attached hydrogen (secondary N) is 3. The lowest BCUT2D eigenvalue weighted by Gasteiger charge is -2.36. The smallest absolute Gasteiger partial charge is 0.320 e. The molecule has 2 aliphatic heterocycles. The number of amides is 3. The van der Waals surface area contributed by atoms with Gasteiger partial charge in [0.05, 0.1) is 0 Å². The fourth-order valence-electron chi connectivity index (χ4n) is 3.66. The van der Waals surface area contributed by atoms with Crippen LogP contribution in [-0.4, -0.2) is 47.6 Å². The number of rotatable bonds is 3. The molecule has 0 spiro atoms. The quantitative estimate of drug-likeness (QED) is 0.793. The van der Waals surface area contributed by atoms with Crippen molar-refractivity contribution in [1.29, 1.82) is 0 Å². The Bertz CT molecular complexity index is 588. The van der Waals surface area contributed by atoms with Gasteiger partial charge in [-0.15, -0.1) is 0 Å². The predicted molar refractivity (Wildman–Crippen MR) is 93.8 cm³/mol. The van der Waals surface area contributed by atoms with Crippen LogP contribution in [0.4, 0.5) is 10.5 Å². The van der Waals surface area contributed by atoms with E-state index in [1.807, 2.05) is 35.2 Å². The molecule has 2 aliphatic rings. The largest absolute Gasteiger partial charge is 0.333 e. The second kappa shape index (κ2) is 6.81. The number of hydrogen-bond donors (Lipinski definition) is 3. The number of anilines is 1. The third-order valence-corrected chi connectivity index (χ3v) is 4.88. The van der Waals surface area contributed by atoms with Crippen molar-refractivity contribution >= 4 is 17.6 Å². The molecular formula is C18H26N4O2. The van der Waals surface area contributed by atoms with E-state index in [4.69, 9.17) is 0 Å². The minimum atomic E-state index is -0.940. The second-order valence-electron chi connectivity index (χ2n) is 7.16. The molecular weight excluding hydrogens is 304 g/mol. The molecule has 2 atom stereocenters. The van der Waals surface area contributed by atoms with Crippen molar-refractivity contribution in [2.75, 3.05) is 18.4 Å². The van der Waals surface area contributed by atoms with Gasteiger partial charge in [0, 0.05) is 24.3 Å². The van der Waals surface area contributed by atoms with Crippen molar-refractivity contribution in [2.45, 2.75) is 50.7 Å². The number of fused-ring (bicyclic) bond motifs is 2. The Morgan fingerprint density at radius 3 is 2.58 bits per heavy atom. The maximum absolute atomic E-state index is 13.1. The van der Waals surface area contributed by atoms with Gasteiger partial charge >= 0.3 is 6.03 Å². The average Bonchev–Trinajstić information content (AvgIpc) is 2.79. The van der Waals surface area contributed by atoms with Gasteiger partial charge in [0.15, 0.2) is 0 Å². The zero-order chi connectivity index (χ0) is 17.2. The Labute approximate surface area is 143 Å². The van der Waals surface area contributed by atoms with E-state index < -0.39 is 5.54 Å². The molecule has 3 N–H and O–H groups in total. The van der Waals surface area contributed by atoms with Crippen LogP contribution >= 0.6 is 0 Å². The molecule has 2 unspecified atom stereocenters. The first-order chi connectivity index (χ1) is 11.5. The molecule has 6 heteroatoms. The highest BCUT2D eigenvalue weighted by Gasteiger charge is 2.43. The summed E-state index contributed by atoms with van der Waals surface area (Å²) in [5.74, 6) is 0.00177. The monoisotopic (exact) mass is 330 g/mol. The van der Waals surface area contributed by atoms with Crippen LogP contribution in [0.15, 0.2) is 30.3 Å². The highest BCUT2D eigenvalue weighted by atomic mass is 16.2. The molecule has 130 valence electrons. The average molecular weight is 330 g/mol. The summed E-state index contributed by atoms with van der Waals surface area (Å²) in [5.41, 5.74) is -0.235. The molecule has 2 heterocycles. The minimum Gasteiger partial charge on any atom is -0.333 e. The molecule has 0 saturated carbocycles. The summed E-state index contributed by atoms with van der Waals surface area (Å²) in [6.07, 6.45) is 3.08. The first-order valence-electron chi connectivity index (χ1n) is 8.65. The summed E-state index contributed by atoms with van der Waals surface area (Å²) in [7, 11) is 0. The molecule has 24 heavy (non-hydrogen) atoms. The van der Waals surface area contributed by atoms with Gasteiger partial charge in [-0.3, -0.25) is 4.79 Å². The van der Waals surface area contributed by atoms with Crippen molar-refractivity contribution in [3.63, 3.8) is 0 Å². The molecule has 2 saturated heterocycles. The van der Waals surface area contributed by atoms with Gasteiger partial charge in [-0.2, -0.15) is 0 Å². The number of nitrogens with zero attached hydrogens (tertiary/aromatic N) is 1. The fourth-order valence-corrected chi connectivity index (χ4v) is 3.66. The number of hydrogen-bond acceptors (Lipinski definition) is 3. The molecule has 0 aromatic heterocycles. The maximum Gasteiger partial charge on any atom is 0.320 e. The third-order valence-electron chi connectivity index (χ3n) is 4.88. The summed E-state index contributed by atoms with van der Waals surface area (Å²) < 4.78 is 0. The second-order valence-corrected chi connectivity index (χ2v) is 7.16. The third kappa shape index (κ3) is 3.53. The Morgan fingerprint density at radius 1 is 1.12 bits per heavy atom. The van der Waals surface area contributed by atoms with E-state index in [9.17, 15) is 9.59 Å². The fraction of sp³-hybridized carbons (Fsp3) is 0.556. The van der Waals surface area contributed by atoms with Gasteiger partial charge in [0.1, 0.15) is 5.54 Å². The van der Waals surface area contributed by atoms with Gasteiger partial charge in [0.2, 0.25) is 5.91 Å². The van der Waals surface area contributed by atoms with Crippen LogP contribution in [-0.2, 0) is 4.79 Å². The number of carbonyl (C=O) groups excluding carboxylic acids is 2. The van der Waals surface area contributed by atoms with Gasteiger partial charge in [0.25, 0.3) is 0 Å². The molecule has 0 aliphatic carbocycles. The number of para-hydroxylation sites is 1. The Balaban J connectivity index is 1.65. The Hall–Kier alpha value is -2.08. The number of carbonyl (C=O) groups is 2. The number of urea groups is 1. The summed E-state index contributed by atoms with van der Waals surface area (Å²) >= 11 is 0. The SMILES string of the molecule is CC(C)(NC(=O)Nc1ccccc1)C(=O)N1C2CCNCC1CC2. The van der Waals surface area contributed by atoms with Gasteiger partial charge in [-0.1, -0.05) is 18.2 Å². The van der Waals surface area contributed by atoms with E-state index >= 15 is 0 Å². The maximum atomic E-state index is 13.1. The van der Waals surface area contributed by atoms with Crippen molar-refractivity contribution in [3.05, 3.63) is 30.3 Å². The molecule has 3 rings (SSSR count). The lowest BCUT2D eigenvalue weighted by molar-refractivity contribution is -0.139. The number of benzene rings is 1. The topological polar surface area (TPSA) is 73.5 Å². The van der Waals surface area contributed by atoms with E-state index in [1.165, 1.54) is 0 Å². The van der Waals surface area contributed by atoms with Crippen LogP contribution in [0.3, 0.4) is 0 Å². The standard InChI is InChI=1S/C18H26N4O2/c1-18(2,21-17(24)20-13-6-4-3-5-7-13)16(23)22-14-8-9-15(22)12-19-11-10-14/h3-7,14-15,19H,8-12H2,1-2H3,(H2,20,21,24). The van der Waals surface area contributed by atoms with E-state index in [1.54, 1.807) is 13.8 Å². The first-order valence-corrected chi connectivity index (χ1v) is 8.65. The zero-order valence-corrected chi connectivity index (χ0v) is 14.3. The van der Waals surface area contributed by atoms with E-state index in [0.29, 0.717) is 5.69 Å². The zero-order valence-electron chi connectivity index (χ0n) is 14.3. The Morgan fingerprint density at radius 2 is 1.83 bits per heavy atom. The summed E-state index contributed by atoms with van der Waals surface area (Å²) in [6.45, 7) is 5.34. The predicted octanol–water partition coefficient (Wildman–Crippen LogP) is 1.94. The minimum absolute atomic E-state index is 0.00177. The van der Waals surface area contributed by atoms with Gasteiger partial charge < -0.3 is 20.9 Å². The highest BCUT2D eigenvalue weighted by molar-refractivity contribution is 5.95. The van der Waals surface area contributed by atoms with Crippen molar-refractivity contribution in [1.82, 2.24) is 15.5 Å². The van der Waals surface area contributed by atoms with Gasteiger partial charge in [-0.25, -0.2) is 4.79 Å². The van der Waals surface area contributed by atoms with Crippen LogP contribution in [0.1, 0.15) is 33.1 Å².